The van der Waals surface area contributed by atoms with Crippen LogP contribution < -0.4 is 15.8 Å². The number of nitrogens with zero attached hydrogens (tertiary/aromatic N) is 1. The lowest BCUT2D eigenvalue weighted by molar-refractivity contribution is -0.119. The van der Waals surface area contributed by atoms with Gasteiger partial charge in [-0.1, -0.05) is 35.5 Å². The molecule has 3 aromatic carbocycles. The van der Waals surface area contributed by atoms with Gasteiger partial charge in [0.05, 0.1) is 5.39 Å². The maximum atomic E-state index is 12.7. The van der Waals surface area contributed by atoms with Crippen molar-refractivity contribution < 1.29 is 18.8 Å². The molecule has 0 saturated heterocycles. The monoisotopic (exact) mass is 387 g/mol. The molecule has 29 heavy (non-hydrogen) atoms. The van der Waals surface area contributed by atoms with Gasteiger partial charge in [0.2, 0.25) is 0 Å². The SMILES string of the molecule is NC(=O)COc1ccc(NC(=O)c2ccc3noc(-c4ccccc4)c3c2)cc1. The summed E-state index contributed by atoms with van der Waals surface area (Å²) in [4.78, 5) is 23.4. The first kappa shape index (κ1) is 18.2. The van der Waals surface area contributed by atoms with E-state index in [1.54, 1.807) is 42.5 Å². The molecular formula is C22H17N3O4. The van der Waals surface area contributed by atoms with E-state index in [-0.39, 0.29) is 12.5 Å². The van der Waals surface area contributed by atoms with E-state index in [0.29, 0.717) is 28.3 Å². The van der Waals surface area contributed by atoms with Crippen LogP contribution in [-0.2, 0) is 4.79 Å². The number of hydrogen-bond donors (Lipinski definition) is 2. The number of hydrogen-bond acceptors (Lipinski definition) is 5. The number of primary amides is 1. The Morgan fingerprint density at radius 1 is 1.00 bits per heavy atom. The van der Waals surface area contributed by atoms with Crippen LogP contribution in [-0.4, -0.2) is 23.6 Å². The van der Waals surface area contributed by atoms with Crippen LogP contribution in [0.3, 0.4) is 0 Å². The van der Waals surface area contributed by atoms with Gasteiger partial charge in [0, 0.05) is 16.8 Å². The third kappa shape index (κ3) is 4.08. The maximum absolute atomic E-state index is 12.7. The van der Waals surface area contributed by atoms with Crippen molar-refractivity contribution in [2.24, 2.45) is 5.73 Å². The molecular weight excluding hydrogens is 370 g/mol. The molecule has 0 aliphatic heterocycles. The summed E-state index contributed by atoms with van der Waals surface area (Å²) >= 11 is 0. The summed E-state index contributed by atoms with van der Waals surface area (Å²) < 4.78 is 10.7. The Balaban J connectivity index is 1.53. The summed E-state index contributed by atoms with van der Waals surface area (Å²) in [6, 6.07) is 21.5. The highest BCUT2D eigenvalue weighted by Crippen LogP contribution is 2.29. The van der Waals surface area contributed by atoms with Gasteiger partial charge in [-0.25, -0.2) is 0 Å². The van der Waals surface area contributed by atoms with Gasteiger partial charge in [-0.05, 0) is 42.5 Å². The molecule has 0 spiro atoms. The van der Waals surface area contributed by atoms with E-state index in [0.717, 1.165) is 10.9 Å². The number of benzene rings is 3. The number of carbonyl (C=O) groups excluding carboxylic acids is 2. The van der Waals surface area contributed by atoms with E-state index >= 15 is 0 Å². The summed E-state index contributed by atoms with van der Waals surface area (Å²) in [6.07, 6.45) is 0. The van der Waals surface area contributed by atoms with E-state index in [2.05, 4.69) is 10.5 Å². The third-order valence-corrected chi connectivity index (χ3v) is 4.27. The van der Waals surface area contributed by atoms with Crippen molar-refractivity contribution in [1.29, 1.82) is 0 Å². The van der Waals surface area contributed by atoms with Crippen molar-refractivity contribution in [3.8, 4) is 17.1 Å². The molecule has 0 atom stereocenters. The predicted octanol–water partition coefficient (Wildman–Crippen LogP) is 3.61. The van der Waals surface area contributed by atoms with Crippen LogP contribution in [0.1, 0.15) is 10.4 Å². The van der Waals surface area contributed by atoms with Crippen LogP contribution in [0.2, 0.25) is 0 Å². The van der Waals surface area contributed by atoms with Crippen LogP contribution in [0.5, 0.6) is 5.75 Å². The zero-order chi connectivity index (χ0) is 20.2. The molecule has 1 aromatic heterocycles. The lowest BCUT2D eigenvalue weighted by Gasteiger charge is -2.07. The number of ether oxygens (including phenoxy) is 1. The number of anilines is 1. The normalized spacial score (nSPS) is 10.6. The third-order valence-electron chi connectivity index (χ3n) is 4.27. The first-order valence-corrected chi connectivity index (χ1v) is 8.87. The van der Waals surface area contributed by atoms with E-state index in [1.165, 1.54) is 0 Å². The molecule has 0 bridgehead atoms. The Labute approximate surface area is 166 Å². The van der Waals surface area contributed by atoms with Gasteiger partial charge in [0.15, 0.2) is 12.4 Å². The lowest BCUT2D eigenvalue weighted by atomic mass is 10.1. The summed E-state index contributed by atoms with van der Waals surface area (Å²) in [5, 5.41) is 7.66. The van der Waals surface area contributed by atoms with Crippen molar-refractivity contribution in [3.05, 3.63) is 78.4 Å². The highest BCUT2D eigenvalue weighted by molar-refractivity contribution is 6.07. The standard InChI is InChI=1S/C22H17N3O4/c23-20(26)13-28-17-9-7-16(8-10-17)24-22(27)15-6-11-19-18(12-15)21(29-25-19)14-4-2-1-3-5-14/h1-12H,13H2,(H2,23,26)(H,24,27). The zero-order valence-electron chi connectivity index (χ0n) is 15.3. The highest BCUT2D eigenvalue weighted by Gasteiger charge is 2.14. The predicted molar refractivity (Wildman–Crippen MR) is 109 cm³/mol. The smallest absolute Gasteiger partial charge is 0.255 e. The molecule has 144 valence electrons. The van der Waals surface area contributed by atoms with Crippen molar-refractivity contribution in [3.63, 3.8) is 0 Å². The van der Waals surface area contributed by atoms with Gasteiger partial charge in [-0.15, -0.1) is 0 Å². The summed E-state index contributed by atoms with van der Waals surface area (Å²) in [5.41, 5.74) is 7.68. The van der Waals surface area contributed by atoms with Crippen LogP contribution in [0.4, 0.5) is 5.69 Å². The van der Waals surface area contributed by atoms with Gasteiger partial charge in [-0.2, -0.15) is 0 Å². The minimum absolute atomic E-state index is 0.200. The van der Waals surface area contributed by atoms with Gasteiger partial charge in [-0.3, -0.25) is 9.59 Å². The first-order valence-electron chi connectivity index (χ1n) is 8.87. The zero-order valence-corrected chi connectivity index (χ0v) is 15.3. The Morgan fingerprint density at radius 2 is 1.76 bits per heavy atom. The fourth-order valence-electron chi connectivity index (χ4n) is 2.87. The first-order chi connectivity index (χ1) is 14.1. The number of carbonyl (C=O) groups is 2. The lowest BCUT2D eigenvalue weighted by Crippen LogP contribution is -2.20. The molecule has 0 aliphatic carbocycles. The van der Waals surface area contributed by atoms with Crippen molar-refractivity contribution in [1.82, 2.24) is 5.16 Å². The second-order valence-electron chi connectivity index (χ2n) is 6.34. The summed E-state index contributed by atoms with van der Waals surface area (Å²) in [7, 11) is 0. The average Bonchev–Trinajstić information content (AvgIpc) is 3.17. The van der Waals surface area contributed by atoms with E-state index < -0.39 is 5.91 Å². The molecule has 4 aromatic rings. The number of nitrogens with one attached hydrogen (secondary N) is 1. The van der Waals surface area contributed by atoms with Crippen molar-refractivity contribution >= 4 is 28.4 Å². The number of aromatic nitrogens is 1. The molecule has 0 radical (unpaired) electrons. The number of rotatable bonds is 6. The van der Waals surface area contributed by atoms with Gasteiger partial charge < -0.3 is 20.3 Å². The van der Waals surface area contributed by atoms with E-state index in [9.17, 15) is 9.59 Å². The second kappa shape index (κ2) is 7.85. The van der Waals surface area contributed by atoms with Crippen LogP contribution in [0.15, 0.2) is 77.3 Å². The van der Waals surface area contributed by atoms with Crippen LogP contribution in [0, 0.1) is 0 Å². The molecule has 0 fully saturated rings. The summed E-state index contributed by atoms with van der Waals surface area (Å²) in [5.74, 6) is 0.283. The molecule has 7 heteroatoms. The van der Waals surface area contributed by atoms with Crippen molar-refractivity contribution in [2.75, 3.05) is 11.9 Å². The molecule has 3 N–H and O–H groups in total. The van der Waals surface area contributed by atoms with E-state index in [1.807, 2.05) is 30.3 Å². The number of amides is 2. The molecule has 1 heterocycles. The Kier molecular flexibility index (Phi) is 4.94. The molecule has 7 nitrogen and oxygen atoms in total. The molecule has 0 unspecified atom stereocenters. The maximum Gasteiger partial charge on any atom is 0.255 e. The number of nitrogens with two attached hydrogens (primary N) is 1. The minimum Gasteiger partial charge on any atom is -0.484 e. The molecule has 2 amide bonds. The van der Waals surface area contributed by atoms with Gasteiger partial charge >= 0.3 is 0 Å². The van der Waals surface area contributed by atoms with E-state index in [4.69, 9.17) is 15.0 Å². The highest BCUT2D eigenvalue weighted by atomic mass is 16.5. The fraction of sp³-hybridized carbons (Fsp3) is 0.0455. The molecule has 4 rings (SSSR count). The fourth-order valence-corrected chi connectivity index (χ4v) is 2.87. The van der Waals surface area contributed by atoms with Crippen LogP contribution in [0.25, 0.3) is 22.2 Å². The largest absolute Gasteiger partial charge is 0.484 e. The summed E-state index contributed by atoms with van der Waals surface area (Å²) in [6.45, 7) is -0.200. The average molecular weight is 387 g/mol. The topological polar surface area (TPSA) is 107 Å². The molecule has 0 saturated carbocycles. The van der Waals surface area contributed by atoms with Crippen molar-refractivity contribution in [2.45, 2.75) is 0 Å². The Hall–Kier alpha value is -4.13. The Morgan fingerprint density at radius 3 is 2.48 bits per heavy atom. The minimum atomic E-state index is -0.554. The van der Waals surface area contributed by atoms with Gasteiger partial charge in [0.25, 0.3) is 11.8 Å². The Bertz CT molecular complexity index is 1170. The second-order valence-corrected chi connectivity index (χ2v) is 6.34. The quantitative estimate of drug-likeness (QED) is 0.525. The van der Waals surface area contributed by atoms with Crippen LogP contribution >= 0.6 is 0 Å². The van der Waals surface area contributed by atoms with Gasteiger partial charge in [0.1, 0.15) is 11.3 Å². The number of fused-ring (bicyclic) bond motifs is 1. The molecule has 0 aliphatic rings.